The van der Waals surface area contributed by atoms with Crippen molar-refractivity contribution < 1.29 is 19.1 Å². The predicted molar refractivity (Wildman–Crippen MR) is 125 cm³/mol. The molecular formula is C25H28N4O4. The molecule has 0 aliphatic carbocycles. The zero-order chi connectivity index (χ0) is 23.6. The highest BCUT2D eigenvalue weighted by molar-refractivity contribution is 6.09. The van der Waals surface area contributed by atoms with Crippen LogP contribution >= 0.6 is 0 Å². The molecule has 0 spiro atoms. The first-order chi connectivity index (χ1) is 15.7. The van der Waals surface area contributed by atoms with E-state index in [1.165, 1.54) is 0 Å². The Hall–Kier alpha value is -3.60. The average Bonchev–Trinajstić information content (AvgIpc) is 2.76. The molecule has 4 amide bonds. The van der Waals surface area contributed by atoms with Crippen LogP contribution in [0.5, 0.6) is 0 Å². The zero-order valence-electron chi connectivity index (χ0n) is 19.2. The summed E-state index contributed by atoms with van der Waals surface area (Å²) in [6, 6.07) is 5.40. The molecule has 1 aromatic carbocycles. The molecule has 2 aromatic rings. The topological polar surface area (TPSA) is 91.8 Å². The number of imide groups is 1. The lowest BCUT2D eigenvalue weighted by molar-refractivity contribution is -0.120. The van der Waals surface area contributed by atoms with Gasteiger partial charge in [0, 0.05) is 54.5 Å². The lowest BCUT2D eigenvalue weighted by Crippen LogP contribution is -2.49. The Morgan fingerprint density at radius 1 is 1.15 bits per heavy atom. The Morgan fingerprint density at radius 3 is 2.61 bits per heavy atom. The Morgan fingerprint density at radius 2 is 1.91 bits per heavy atom. The average molecular weight is 449 g/mol. The van der Waals surface area contributed by atoms with E-state index in [4.69, 9.17) is 4.74 Å². The second-order valence-electron chi connectivity index (χ2n) is 9.36. The molecule has 1 aromatic heterocycles. The largest absolute Gasteiger partial charge is 0.444 e. The quantitative estimate of drug-likeness (QED) is 0.672. The summed E-state index contributed by atoms with van der Waals surface area (Å²) in [4.78, 5) is 43.5. The molecule has 2 aliphatic heterocycles. The van der Waals surface area contributed by atoms with Crippen molar-refractivity contribution in [1.82, 2.24) is 15.2 Å². The Balaban J connectivity index is 1.43. The van der Waals surface area contributed by atoms with Gasteiger partial charge in [-0.2, -0.15) is 0 Å². The van der Waals surface area contributed by atoms with Crippen LogP contribution in [0.1, 0.15) is 45.6 Å². The monoisotopic (exact) mass is 448 g/mol. The fourth-order valence-electron chi connectivity index (χ4n) is 3.97. The number of hydrogen-bond acceptors (Lipinski definition) is 5. The van der Waals surface area contributed by atoms with Crippen molar-refractivity contribution in [2.24, 2.45) is 5.92 Å². The maximum Gasteiger partial charge on any atom is 0.410 e. The lowest BCUT2D eigenvalue weighted by Gasteiger charge is -2.31. The van der Waals surface area contributed by atoms with Gasteiger partial charge < -0.3 is 9.64 Å². The van der Waals surface area contributed by atoms with Gasteiger partial charge in [0.2, 0.25) is 5.91 Å². The van der Waals surface area contributed by atoms with Gasteiger partial charge in [0.1, 0.15) is 5.60 Å². The van der Waals surface area contributed by atoms with E-state index in [9.17, 15) is 14.4 Å². The van der Waals surface area contributed by atoms with Crippen molar-refractivity contribution >= 4 is 34.5 Å². The molecule has 0 radical (unpaired) electrons. The van der Waals surface area contributed by atoms with Crippen molar-refractivity contribution in [2.45, 2.75) is 45.6 Å². The van der Waals surface area contributed by atoms with E-state index in [0.717, 1.165) is 29.2 Å². The predicted octanol–water partition coefficient (Wildman–Crippen LogP) is 3.68. The molecule has 2 fully saturated rings. The van der Waals surface area contributed by atoms with Crippen LogP contribution in [0.4, 0.5) is 15.3 Å². The Kier molecular flexibility index (Phi) is 6.23. The molecule has 8 nitrogen and oxygen atoms in total. The van der Waals surface area contributed by atoms with Crippen molar-refractivity contribution in [2.75, 3.05) is 24.5 Å². The van der Waals surface area contributed by atoms with Gasteiger partial charge in [0.15, 0.2) is 0 Å². The molecule has 172 valence electrons. The second kappa shape index (κ2) is 9.10. The number of piperidine rings is 1. The van der Waals surface area contributed by atoms with Gasteiger partial charge >= 0.3 is 12.1 Å². The summed E-state index contributed by atoms with van der Waals surface area (Å²) in [6.07, 6.45) is 5.01. The minimum Gasteiger partial charge on any atom is -0.444 e. The number of benzene rings is 1. The molecular weight excluding hydrogens is 420 g/mol. The van der Waals surface area contributed by atoms with Crippen molar-refractivity contribution in [3.63, 3.8) is 0 Å². The van der Waals surface area contributed by atoms with E-state index >= 15 is 0 Å². The van der Waals surface area contributed by atoms with Crippen LogP contribution in [-0.2, 0) is 9.53 Å². The number of anilines is 1. The molecule has 4 rings (SSSR count). The number of pyridine rings is 1. The molecule has 8 heteroatoms. The number of carbonyl (C=O) groups is 3. The van der Waals surface area contributed by atoms with Crippen molar-refractivity contribution in [3.05, 3.63) is 36.2 Å². The van der Waals surface area contributed by atoms with Crippen LogP contribution in [0.25, 0.3) is 10.8 Å². The number of aromatic nitrogens is 1. The third-order valence-corrected chi connectivity index (χ3v) is 5.65. The van der Waals surface area contributed by atoms with E-state index in [1.807, 2.05) is 39.0 Å². The lowest BCUT2D eigenvalue weighted by atomic mass is 9.97. The van der Waals surface area contributed by atoms with Gasteiger partial charge in [0.05, 0.1) is 11.9 Å². The number of fused-ring (bicyclic) bond motifs is 1. The summed E-state index contributed by atoms with van der Waals surface area (Å²) in [5.41, 5.74) is 1.05. The number of hydrogen-bond donors (Lipinski definition) is 1. The van der Waals surface area contributed by atoms with Crippen LogP contribution in [0.2, 0.25) is 0 Å². The zero-order valence-corrected chi connectivity index (χ0v) is 19.2. The van der Waals surface area contributed by atoms with E-state index in [0.29, 0.717) is 25.3 Å². The third-order valence-electron chi connectivity index (χ3n) is 5.65. The molecule has 0 unspecified atom stereocenters. The number of amides is 4. The maximum atomic E-state index is 12.2. The first-order valence-corrected chi connectivity index (χ1v) is 11.2. The highest BCUT2D eigenvalue weighted by Crippen LogP contribution is 2.28. The van der Waals surface area contributed by atoms with Crippen molar-refractivity contribution in [3.8, 4) is 11.8 Å². The number of carbonyl (C=O) groups excluding carboxylic acids is 3. The number of nitrogens with one attached hydrogen (secondary N) is 1. The third kappa shape index (κ3) is 5.43. The van der Waals surface area contributed by atoms with Gasteiger partial charge in [-0.25, -0.2) is 9.59 Å². The van der Waals surface area contributed by atoms with E-state index < -0.39 is 11.6 Å². The van der Waals surface area contributed by atoms with Gasteiger partial charge in [0.25, 0.3) is 0 Å². The fraction of sp³-hybridized carbons (Fsp3) is 0.440. The molecule has 3 heterocycles. The van der Waals surface area contributed by atoms with E-state index in [-0.39, 0.29) is 24.3 Å². The molecule has 33 heavy (non-hydrogen) atoms. The van der Waals surface area contributed by atoms with Crippen LogP contribution in [-0.4, -0.2) is 53.2 Å². The minimum atomic E-state index is -0.492. The normalized spacial score (nSPS) is 17.4. The summed E-state index contributed by atoms with van der Waals surface area (Å²) < 4.78 is 5.45. The van der Waals surface area contributed by atoms with E-state index in [2.05, 4.69) is 22.1 Å². The number of likely N-dealkylation sites (tertiary alicyclic amines) is 1. The Bertz CT molecular complexity index is 1150. The first-order valence-electron chi connectivity index (χ1n) is 11.2. The van der Waals surface area contributed by atoms with Crippen molar-refractivity contribution in [1.29, 1.82) is 0 Å². The SMILES string of the molecule is CC(C)(C)OC(=O)N1CCC(C#Cc2ccc3c(N4CCC(=O)NC4=O)cncc3c2)CC1. The van der Waals surface area contributed by atoms with Crippen LogP contribution in [0, 0.1) is 17.8 Å². The van der Waals surface area contributed by atoms with Crippen LogP contribution in [0.3, 0.4) is 0 Å². The number of rotatable bonds is 1. The summed E-state index contributed by atoms with van der Waals surface area (Å²) in [5.74, 6) is 6.55. The number of nitrogens with zero attached hydrogens (tertiary/aromatic N) is 3. The minimum absolute atomic E-state index is 0.221. The highest BCUT2D eigenvalue weighted by Gasteiger charge is 2.27. The number of urea groups is 1. The molecule has 0 atom stereocenters. The highest BCUT2D eigenvalue weighted by atomic mass is 16.6. The fourth-order valence-corrected chi connectivity index (χ4v) is 3.97. The van der Waals surface area contributed by atoms with Crippen LogP contribution in [0.15, 0.2) is 30.6 Å². The summed E-state index contributed by atoms with van der Waals surface area (Å²) in [5, 5.41) is 4.11. The number of ether oxygens (including phenoxy) is 1. The smallest absolute Gasteiger partial charge is 0.410 e. The first kappa shape index (κ1) is 22.6. The molecule has 0 bridgehead atoms. The molecule has 2 aliphatic rings. The molecule has 2 saturated heterocycles. The van der Waals surface area contributed by atoms with E-state index in [1.54, 1.807) is 22.2 Å². The standard InChI is InChI=1S/C25H28N4O4/c1-25(2,3)33-24(32)28-11-8-17(9-12-28)4-5-18-6-7-20-19(14-18)15-26-16-21(20)29-13-10-22(30)27-23(29)31/h6-7,14-17H,8-13H2,1-3H3,(H,27,30,31). The maximum absolute atomic E-state index is 12.2. The molecule has 1 N–H and O–H groups in total. The second-order valence-corrected chi connectivity index (χ2v) is 9.36. The van der Waals surface area contributed by atoms with Gasteiger partial charge in [-0.05, 0) is 45.7 Å². The Labute approximate surface area is 193 Å². The van der Waals surface area contributed by atoms with Gasteiger partial charge in [-0.3, -0.25) is 20.0 Å². The van der Waals surface area contributed by atoms with Gasteiger partial charge in [-0.1, -0.05) is 17.9 Å². The van der Waals surface area contributed by atoms with Crippen LogP contribution < -0.4 is 10.2 Å². The summed E-state index contributed by atoms with van der Waals surface area (Å²) in [7, 11) is 0. The van der Waals surface area contributed by atoms with Gasteiger partial charge in [-0.15, -0.1) is 0 Å². The molecule has 0 saturated carbocycles. The summed E-state index contributed by atoms with van der Waals surface area (Å²) in [6.45, 7) is 7.21. The summed E-state index contributed by atoms with van der Waals surface area (Å²) >= 11 is 0.